The molecule has 0 spiro atoms. The van der Waals surface area contributed by atoms with Crippen molar-refractivity contribution in [2.24, 2.45) is 0 Å². The molecule has 1 amide bonds. The van der Waals surface area contributed by atoms with Crippen LogP contribution in [0.2, 0.25) is 0 Å². The van der Waals surface area contributed by atoms with E-state index < -0.39 is 29.8 Å². The summed E-state index contributed by atoms with van der Waals surface area (Å²) in [6.45, 7) is 3.56. The van der Waals surface area contributed by atoms with Crippen LogP contribution in [0.15, 0.2) is 12.7 Å². The molecular formula is C12H15NO6. The molecule has 7 heteroatoms. The molecule has 0 aromatic rings. The molecule has 2 unspecified atom stereocenters. The van der Waals surface area contributed by atoms with Crippen LogP contribution in [0.3, 0.4) is 0 Å². The van der Waals surface area contributed by atoms with Gasteiger partial charge in [-0.05, 0) is 0 Å². The topological polar surface area (TPSA) is 93.1 Å². The van der Waals surface area contributed by atoms with E-state index in [2.05, 4.69) is 6.58 Å². The zero-order chi connectivity index (χ0) is 14.2. The second kappa shape index (κ2) is 4.65. The molecule has 104 valence electrons. The number of carbonyl (C=O) groups excluding carboxylic acids is 2. The van der Waals surface area contributed by atoms with Crippen LogP contribution in [0.5, 0.6) is 0 Å². The maximum Gasteiger partial charge on any atom is 0.334 e. The van der Waals surface area contributed by atoms with Crippen molar-refractivity contribution in [1.82, 2.24) is 4.90 Å². The molecule has 2 saturated heterocycles. The van der Waals surface area contributed by atoms with Gasteiger partial charge in [0, 0.05) is 6.42 Å². The molecule has 0 radical (unpaired) electrons. The van der Waals surface area contributed by atoms with Crippen molar-refractivity contribution in [1.29, 1.82) is 0 Å². The number of amides is 1. The fraction of sp³-hybridized carbons (Fsp3) is 0.583. The lowest BCUT2D eigenvalue weighted by molar-refractivity contribution is -0.172. The molecule has 0 bridgehead atoms. The summed E-state index contributed by atoms with van der Waals surface area (Å²) < 4.78 is 10.3. The van der Waals surface area contributed by atoms with E-state index in [9.17, 15) is 14.4 Å². The summed E-state index contributed by atoms with van der Waals surface area (Å²) in [6.07, 6.45) is -0.124. The summed E-state index contributed by atoms with van der Waals surface area (Å²) in [5.41, 5.74) is -1.41. The highest BCUT2D eigenvalue weighted by Crippen LogP contribution is 2.45. The number of fused-ring (bicyclic) bond motifs is 1. The monoisotopic (exact) mass is 269 g/mol. The first-order valence-corrected chi connectivity index (χ1v) is 5.86. The molecule has 0 aromatic carbocycles. The van der Waals surface area contributed by atoms with Gasteiger partial charge in [0.2, 0.25) is 5.91 Å². The molecule has 2 rings (SSSR count). The Hall–Kier alpha value is -1.89. The zero-order valence-electron chi connectivity index (χ0n) is 10.5. The first kappa shape index (κ1) is 13.5. The number of rotatable bonds is 5. The molecule has 0 aliphatic carbocycles. The minimum absolute atomic E-state index is 0.0971. The number of aliphatic carboxylic acids is 1. The Morgan fingerprint density at radius 3 is 2.84 bits per heavy atom. The van der Waals surface area contributed by atoms with E-state index in [1.165, 1.54) is 18.1 Å². The van der Waals surface area contributed by atoms with Crippen molar-refractivity contribution >= 4 is 17.8 Å². The molecule has 0 saturated carbocycles. The van der Waals surface area contributed by atoms with Crippen LogP contribution >= 0.6 is 0 Å². The summed E-state index contributed by atoms with van der Waals surface area (Å²) in [5.74, 6) is -2.02. The van der Waals surface area contributed by atoms with E-state index in [1.54, 1.807) is 0 Å². The number of carbonyl (C=O) groups is 3. The third kappa shape index (κ3) is 1.81. The smallest absolute Gasteiger partial charge is 0.334 e. The summed E-state index contributed by atoms with van der Waals surface area (Å²) in [4.78, 5) is 36.0. The van der Waals surface area contributed by atoms with Gasteiger partial charge in [-0.15, -0.1) is 6.58 Å². The van der Waals surface area contributed by atoms with E-state index in [4.69, 9.17) is 14.6 Å². The first-order chi connectivity index (χ1) is 8.97. The van der Waals surface area contributed by atoms with Gasteiger partial charge in [0.15, 0.2) is 5.54 Å². The molecule has 2 aliphatic rings. The Bertz CT molecular complexity index is 448. The lowest BCUT2D eigenvalue weighted by Crippen LogP contribution is -2.65. The molecule has 19 heavy (non-hydrogen) atoms. The van der Waals surface area contributed by atoms with E-state index >= 15 is 0 Å². The van der Waals surface area contributed by atoms with E-state index in [0.29, 0.717) is 0 Å². The predicted octanol–water partition coefficient (Wildman–Crippen LogP) is -0.0938. The highest BCUT2D eigenvalue weighted by Gasteiger charge is 2.66. The van der Waals surface area contributed by atoms with Gasteiger partial charge in [0.05, 0.1) is 20.0 Å². The van der Waals surface area contributed by atoms with Crippen molar-refractivity contribution in [3.8, 4) is 0 Å². The SMILES string of the molecule is C=CCC1(C(=O)OC)C(CC(=O)O)O[C@@H]2CC(=O)N21. The Labute approximate surface area is 109 Å². The number of hydrogen-bond acceptors (Lipinski definition) is 5. The lowest BCUT2D eigenvalue weighted by Gasteiger charge is -2.43. The number of ether oxygens (including phenoxy) is 2. The lowest BCUT2D eigenvalue weighted by atomic mass is 9.84. The quantitative estimate of drug-likeness (QED) is 0.426. The van der Waals surface area contributed by atoms with E-state index in [-0.39, 0.29) is 25.2 Å². The molecule has 0 aromatic heterocycles. The van der Waals surface area contributed by atoms with Crippen molar-refractivity contribution in [3.05, 3.63) is 12.7 Å². The van der Waals surface area contributed by atoms with Crippen LogP contribution in [0, 0.1) is 0 Å². The van der Waals surface area contributed by atoms with Gasteiger partial charge in [-0.3, -0.25) is 14.5 Å². The first-order valence-electron chi connectivity index (χ1n) is 5.86. The molecule has 7 nitrogen and oxygen atoms in total. The van der Waals surface area contributed by atoms with Crippen molar-refractivity contribution < 1.29 is 29.0 Å². The van der Waals surface area contributed by atoms with Gasteiger partial charge < -0.3 is 14.6 Å². The standard InChI is InChI=1S/C12H15NO6/c1-3-4-12(11(17)18-2)7(5-10(15)16)19-9-6-8(14)13(9)12/h3,7,9H,1,4-6H2,2H3,(H,15,16)/t7?,9-,12?/m1/s1. The number of hydrogen-bond donors (Lipinski definition) is 1. The van der Waals surface area contributed by atoms with Crippen LogP contribution in [0.25, 0.3) is 0 Å². The average Bonchev–Trinajstić information content (AvgIpc) is 2.57. The van der Waals surface area contributed by atoms with Gasteiger partial charge in [0.25, 0.3) is 0 Å². The fourth-order valence-corrected chi connectivity index (χ4v) is 2.75. The maximum absolute atomic E-state index is 12.1. The summed E-state index contributed by atoms with van der Waals surface area (Å²) in [6, 6.07) is 0. The second-order valence-electron chi connectivity index (χ2n) is 4.55. The Kier molecular flexibility index (Phi) is 3.32. The average molecular weight is 269 g/mol. The zero-order valence-corrected chi connectivity index (χ0v) is 10.5. The van der Waals surface area contributed by atoms with Gasteiger partial charge in [-0.1, -0.05) is 6.08 Å². The normalized spacial score (nSPS) is 32.5. The van der Waals surface area contributed by atoms with Crippen LogP contribution in [-0.4, -0.2) is 52.8 Å². The Balaban J connectivity index is 2.41. The number of esters is 1. The minimum atomic E-state index is -1.41. The van der Waals surface area contributed by atoms with Gasteiger partial charge in [0.1, 0.15) is 12.3 Å². The van der Waals surface area contributed by atoms with Crippen molar-refractivity contribution in [2.75, 3.05) is 7.11 Å². The van der Waals surface area contributed by atoms with Crippen LogP contribution < -0.4 is 0 Å². The summed E-state index contributed by atoms with van der Waals surface area (Å²) in [7, 11) is 1.20. The number of methoxy groups -OCH3 is 1. The number of carboxylic acids is 1. The number of β-lactam (4-membered cyclic amide) rings is 1. The maximum atomic E-state index is 12.1. The van der Waals surface area contributed by atoms with Gasteiger partial charge >= 0.3 is 11.9 Å². The molecule has 2 heterocycles. The Morgan fingerprint density at radius 2 is 2.37 bits per heavy atom. The molecule has 2 fully saturated rings. The third-order valence-corrected chi connectivity index (χ3v) is 3.54. The minimum Gasteiger partial charge on any atom is -0.481 e. The molecule has 1 N–H and O–H groups in total. The highest BCUT2D eigenvalue weighted by molar-refractivity contribution is 5.94. The van der Waals surface area contributed by atoms with E-state index in [0.717, 1.165) is 0 Å². The van der Waals surface area contributed by atoms with E-state index in [1.807, 2.05) is 0 Å². The summed E-state index contributed by atoms with van der Waals surface area (Å²) >= 11 is 0. The van der Waals surface area contributed by atoms with Crippen molar-refractivity contribution in [2.45, 2.75) is 37.1 Å². The predicted molar refractivity (Wildman–Crippen MR) is 61.9 cm³/mol. The molecule has 2 aliphatic heterocycles. The van der Waals surface area contributed by atoms with Gasteiger partial charge in [-0.25, -0.2) is 4.79 Å². The second-order valence-corrected chi connectivity index (χ2v) is 4.55. The molecular weight excluding hydrogens is 254 g/mol. The van der Waals surface area contributed by atoms with Crippen LogP contribution in [0.1, 0.15) is 19.3 Å². The number of nitrogens with zero attached hydrogens (tertiary/aromatic N) is 1. The third-order valence-electron chi connectivity index (χ3n) is 3.54. The van der Waals surface area contributed by atoms with Crippen LogP contribution in [0.4, 0.5) is 0 Å². The largest absolute Gasteiger partial charge is 0.481 e. The van der Waals surface area contributed by atoms with Crippen molar-refractivity contribution in [3.63, 3.8) is 0 Å². The highest BCUT2D eigenvalue weighted by atomic mass is 16.6. The molecule has 3 atom stereocenters. The Morgan fingerprint density at radius 1 is 1.68 bits per heavy atom. The van der Waals surface area contributed by atoms with Gasteiger partial charge in [-0.2, -0.15) is 0 Å². The summed E-state index contributed by atoms with van der Waals surface area (Å²) in [5, 5.41) is 8.93. The van der Waals surface area contributed by atoms with Crippen LogP contribution in [-0.2, 0) is 23.9 Å². The fourth-order valence-electron chi connectivity index (χ4n) is 2.75. The number of carboxylic acid groups (broad SMARTS) is 1.